The van der Waals surface area contributed by atoms with Crippen molar-refractivity contribution < 1.29 is 8.78 Å². The Morgan fingerprint density at radius 3 is 2.80 bits per heavy atom. The van der Waals surface area contributed by atoms with Crippen molar-refractivity contribution in [2.24, 2.45) is 5.73 Å². The van der Waals surface area contributed by atoms with E-state index in [9.17, 15) is 8.78 Å². The summed E-state index contributed by atoms with van der Waals surface area (Å²) in [5, 5.41) is 0. The molecular formula is C15H23F2N3. The lowest BCUT2D eigenvalue weighted by atomic mass is 10.0. The molecular weight excluding hydrogens is 260 g/mol. The van der Waals surface area contributed by atoms with Gasteiger partial charge in [0.25, 0.3) is 0 Å². The van der Waals surface area contributed by atoms with E-state index in [-0.39, 0.29) is 5.56 Å². The largest absolute Gasteiger partial charge is 0.323 e. The van der Waals surface area contributed by atoms with E-state index in [0.29, 0.717) is 12.6 Å². The molecule has 2 unspecified atom stereocenters. The van der Waals surface area contributed by atoms with Crippen LogP contribution >= 0.6 is 0 Å². The fraction of sp³-hybridized carbons (Fsp3) is 0.600. The molecule has 1 aromatic carbocycles. The highest BCUT2D eigenvalue weighted by molar-refractivity contribution is 5.22. The molecule has 0 aliphatic carbocycles. The van der Waals surface area contributed by atoms with Gasteiger partial charge in [-0.05, 0) is 31.7 Å². The Balaban J connectivity index is 2.01. The van der Waals surface area contributed by atoms with Gasteiger partial charge >= 0.3 is 0 Å². The highest BCUT2D eigenvalue weighted by Gasteiger charge is 2.25. The molecule has 5 heteroatoms. The summed E-state index contributed by atoms with van der Waals surface area (Å²) < 4.78 is 26.9. The number of piperazine rings is 1. The Morgan fingerprint density at radius 2 is 2.10 bits per heavy atom. The van der Waals surface area contributed by atoms with Crippen LogP contribution < -0.4 is 5.73 Å². The molecule has 3 nitrogen and oxygen atoms in total. The Hall–Kier alpha value is -1.04. The number of rotatable bonds is 4. The Morgan fingerprint density at radius 1 is 1.35 bits per heavy atom. The standard InChI is InChI=1S/C15H23F2N3/c1-3-12-9-20(7-6-19(12)2)10-15(18)13-8-11(16)4-5-14(13)17/h4-5,8,12,15H,3,6-7,9-10,18H2,1-2H3. The van der Waals surface area contributed by atoms with Crippen molar-refractivity contribution in [2.45, 2.75) is 25.4 Å². The van der Waals surface area contributed by atoms with E-state index in [1.165, 1.54) is 6.07 Å². The SMILES string of the molecule is CCC1CN(CC(N)c2cc(F)ccc2F)CCN1C. The number of nitrogens with zero attached hydrogens (tertiary/aromatic N) is 2. The van der Waals surface area contributed by atoms with Gasteiger partial charge in [0.05, 0.1) is 0 Å². The smallest absolute Gasteiger partial charge is 0.128 e. The molecule has 0 amide bonds. The molecule has 0 saturated carbocycles. The molecule has 2 N–H and O–H groups in total. The Labute approximate surface area is 119 Å². The zero-order valence-corrected chi connectivity index (χ0v) is 12.1. The maximum Gasteiger partial charge on any atom is 0.128 e. The van der Waals surface area contributed by atoms with Gasteiger partial charge in [-0.3, -0.25) is 4.90 Å². The topological polar surface area (TPSA) is 32.5 Å². The van der Waals surface area contributed by atoms with Gasteiger partial charge in [-0.15, -0.1) is 0 Å². The minimum absolute atomic E-state index is 0.261. The fourth-order valence-electron chi connectivity index (χ4n) is 2.79. The maximum absolute atomic E-state index is 13.7. The van der Waals surface area contributed by atoms with Crippen LogP contribution in [0.3, 0.4) is 0 Å². The quantitative estimate of drug-likeness (QED) is 0.917. The molecule has 0 bridgehead atoms. The van der Waals surface area contributed by atoms with Crippen LogP contribution in [0.1, 0.15) is 24.9 Å². The van der Waals surface area contributed by atoms with Crippen LogP contribution in [-0.4, -0.2) is 49.1 Å². The van der Waals surface area contributed by atoms with E-state index in [0.717, 1.165) is 38.2 Å². The molecule has 2 rings (SSSR count). The Bertz CT molecular complexity index is 453. The summed E-state index contributed by atoms with van der Waals surface area (Å²) in [5.74, 6) is -0.873. The van der Waals surface area contributed by atoms with E-state index in [1.54, 1.807) is 0 Å². The first-order valence-electron chi connectivity index (χ1n) is 7.14. The van der Waals surface area contributed by atoms with Gasteiger partial charge in [-0.25, -0.2) is 8.78 Å². The molecule has 1 fully saturated rings. The van der Waals surface area contributed by atoms with Crippen molar-refractivity contribution in [3.8, 4) is 0 Å². The first-order chi connectivity index (χ1) is 9.51. The first-order valence-corrected chi connectivity index (χ1v) is 7.14. The highest BCUT2D eigenvalue weighted by atomic mass is 19.1. The van der Waals surface area contributed by atoms with E-state index in [1.807, 2.05) is 0 Å². The van der Waals surface area contributed by atoms with Gasteiger partial charge in [0.15, 0.2) is 0 Å². The summed E-state index contributed by atoms with van der Waals surface area (Å²) >= 11 is 0. The van der Waals surface area contributed by atoms with E-state index in [4.69, 9.17) is 5.73 Å². The second-order valence-electron chi connectivity index (χ2n) is 5.57. The molecule has 112 valence electrons. The summed E-state index contributed by atoms with van der Waals surface area (Å²) in [7, 11) is 2.12. The van der Waals surface area contributed by atoms with E-state index >= 15 is 0 Å². The summed E-state index contributed by atoms with van der Waals surface area (Å²) in [4.78, 5) is 4.58. The summed E-state index contributed by atoms with van der Waals surface area (Å²) in [6.07, 6.45) is 1.08. The molecule has 1 heterocycles. The van der Waals surface area contributed by atoms with Crippen molar-refractivity contribution in [1.82, 2.24) is 9.80 Å². The maximum atomic E-state index is 13.7. The van der Waals surface area contributed by atoms with Crippen LogP contribution in [-0.2, 0) is 0 Å². The molecule has 0 aromatic heterocycles. The van der Waals surface area contributed by atoms with Gasteiger partial charge in [0.1, 0.15) is 11.6 Å². The van der Waals surface area contributed by atoms with E-state index in [2.05, 4.69) is 23.8 Å². The van der Waals surface area contributed by atoms with Crippen molar-refractivity contribution in [1.29, 1.82) is 0 Å². The lowest BCUT2D eigenvalue weighted by Gasteiger charge is -2.40. The molecule has 1 saturated heterocycles. The fourth-order valence-corrected chi connectivity index (χ4v) is 2.79. The van der Waals surface area contributed by atoms with E-state index < -0.39 is 17.7 Å². The van der Waals surface area contributed by atoms with Gasteiger partial charge < -0.3 is 10.6 Å². The first kappa shape index (κ1) is 15.4. The Kier molecular flexibility index (Phi) is 5.07. The summed E-state index contributed by atoms with van der Waals surface area (Å²) in [5.41, 5.74) is 6.32. The van der Waals surface area contributed by atoms with Crippen molar-refractivity contribution in [3.63, 3.8) is 0 Å². The average molecular weight is 283 g/mol. The lowest BCUT2D eigenvalue weighted by molar-refractivity contribution is 0.0887. The third-order valence-electron chi connectivity index (χ3n) is 4.14. The van der Waals surface area contributed by atoms with Crippen LogP contribution in [0, 0.1) is 11.6 Å². The van der Waals surface area contributed by atoms with Crippen LogP contribution in [0.5, 0.6) is 0 Å². The predicted octanol–water partition coefficient (Wildman–Crippen LogP) is 1.99. The molecule has 1 aliphatic heterocycles. The number of halogens is 2. The summed E-state index contributed by atoms with van der Waals surface area (Å²) in [6.45, 7) is 5.55. The molecule has 20 heavy (non-hydrogen) atoms. The van der Waals surface area contributed by atoms with Crippen LogP contribution in [0.4, 0.5) is 8.78 Å². The minimum atomic E-state index is -0.494. The molecule has 2 atom stereocenters. The average Bonchev–Trinajstić information content (AvgIpc) is 2.43. The number of hydrogen-bond donors (Lipinski definition) is 1. The zero-order chi connectivity index (χ0) is 14.7. The van der Waals surface area contributed by atoms with Crippen LogP contribution in [0.2, 0.25) is 0 Å². The number of benzene rings is 1. The second-order valence-corrected chi connectivity index (χ2v) is 5.57. The number of hydrogen-bond acceptors (Lipinski definition) is 3. The third-order valence-corrected chi connectivity index (χ3v) is 4.14. The van der Waals surface area contributed by atoms with Crippen LogP contribution in [0.15, 0.2) is 18.2 Å². The van der Waals surface area contributed by atoms with Gasteiger partial charge in [0, 0.05) is 43.8 Å². The lowest BCUT2D eigenvalue weighted by Crippen LogP contribution is -2.52. The molecule has 1 aliphatic rings. The highest BCUT2D eigenvalue weighted by Crippen LogP contribution is 2.19. The second kappa shape index (κ2) is 6.61. The summed E-state index contributed by atoms with van der Waals surface area (Å²) in [6, 6.07) is 3.48. The zero-order valence-electron chi connectivity index (χ0n) is 12.1. The number of nitrogens with two attached hydrogens (primary N) is 1. The van der Waals surface area contributed by atoms with Crippen molar-refractivity contribution in [2.75, 3.05) is 33.2 Å². The van der Waals surface area contributed by atoms with Crippen molar-refractivity contribution in [3.05, 3.63) is 35.4 Å². The third kappa shape index (κ3) is 3.53. The van der Waals surface area contributed by atoms with Crippen LogP contribution in [0.25, 0.3) is 0 Å². The van der Waals surface area contributed by atoms with Gasteiger partial charge in [-0.2, -0.15) is 0 Å². The van der Waals surface area contributed by atoms with Gasteiger partial charge in [-0.1, -0.05) is 6.92 Å². The molecule has 0 radical (unpaired) electrons. The molecule has 0 spiro atoms. The molecule has 1 aromatic rings. The minimum Gasteiger partial charge on any atom is -0.323 e. The monoisotopic (exact) mass is 283 g/mol. The predicted molar refractivity (Wildman–Crippen MR) is 76.4 cm³/mol. The number of likely N-dealkylation sites (N-methyl/N-ethyl adjacent to an activating group) is 1. The van der Waals surface area contributed by atoms with Gasteiger partial charge in [0.2, 0.25) is 0 Å². The van der Waals surface area contributed by atoms with Crippen molar-refractivity contribution >= 4 is 0 Å². The normalized spacial score (nSPS) is 22.9.